The number of amides is 3. The molecule has 3 N–H and O–H groups in total. The summed E-state index contributed by atoms with van der Waals surface area (Å²) in [5.74, 6) is -0.658. The predicted octanol–water partition coefficient (Wildman–Crippen LogP) is 0.0188. The SMILES string of the molecule is CNC(=O)NC(=O)CCN1CCC(CCC(=O)O)C1. The third-order valence-electron chi connectivity index (χ3n) is 3.27. The second-order valence-electron chi connectivity index (χ2n) is 4.77. The van der Waals surface area contributed by atoms with Crippen molar-refractivity contribution in [3.63, 3.8) is 0 Å². The molecule has 108 valence electrons. The van der Waals surface area contributed by atoms with Crippen molar-refractivity contribution < 1.29 is 19.5 Å². The first-order valence-electron chi connectivity index (χ1n) is 6.47. The largest absolute Gasteiger partial charge is 0.481 e. The molecule has 0 aromatic rings. The molecule has 0 saturated carbocycles. The van der Waals surface area contributed by atoms with E-state index in [9.17, 15) is 14.4 Å². The van der Waals surface area contributed by atoms with Gasteiger partial charge in [0.25, 0.3) is 0 Å². The van der Waals surface area contributed by atoms with E-state index in [1.165, 1.54) is 7.05 Å². The Morgan fingerprint density at radius 2 is 2.05 bits per heavy atom. The minimum absolute atomic E-state index is 0.204. The van der Waals surface area contributed by atoms with Gasteiger partial charge in [-0.1, -0.05) is 0 Å². The van der Waals surface area contributed by atoms with Crippen molar-refractivity contribution in [2.75, 3.05) is 26.7 Å². The summed E-state index contributed by atoms with van der Waals surface area (Å²) in [6.45, 7) is 2.32. The molecule has 7 heteroatoms. The van der Waals surface area contributed by atoms with Crippen molar-refractivity contribution >= 4 is 17.9 Å². The van der Waals surface area contributed by atoms with Crippen molar-refractivity contribution in [2.24, 2.45) is 5.92 Å². The number of likely N-dealkylation sites (tertiary alicyclic amines) is 1. The van der Waals surface area contributed by atoms with E-state index in [1.54, 1.807) is 0 Å². The molecule has 0 bridgehead atoms. The number of carbonyl (C=O) groups is 3. The number of carboxylic acid groups (broad SMARTS) is 1. The van der Waals surface area contributed by atoms with Crippen molar-refractivity contribution in [1.29, 1.82) is 0 Å². The topological polar surface area (TPSA) is 98.7 Å². The maximum Gasteiger partial charge on any atom is 0.321 e. The van der Waals surface area contributed by atoms with E-state index in [-0.39, 0.29) is 18.7 Å². The van der Waals surface area contributed by atoms with Gasteiger partial charge in [-0.25, -0.2) is 4.79 Å². The number of hydrogen-bond donors (Lipinski definition) is 3. The number of aliphatic carboxylic acids is 1. The average molecular weight is 271 g/mol. The zero-order valence-electron chi connectivity index (χ0n) is 11.1. The first-order chi connectivity index (χ1) is 9.01. The zero-order chi connectivity index (χ0) is 14.3. The molecule has 0 radical (unpaired) electrons. The normalized spacial score (nSPS) is 19.1. The third kappa shape index (κ3) is 6.19. The number of nitrogens with zero attached hydrogens (tertiary/aromatic N) is 1. The van der Waals surface area contributed by atoms with Crippen LogP contribution in [-0.4, -0.2) is 54.6 Å². The molecular formula is C12H21N3O4. The highest BCUT2D eigenvalue weighted by Gasteiger charge is 2.23. The number of hydrogen-bond acceptors (Lipinski definition) is 4. The van der Waals surface area contributed by atoms with E-state index in [2.05, 4.69) is 15.5 Å². The summed E-state index contributed by atoms with van der Waals surface area (Å²) >= 11 is 0. The van der Waals surface area contributed by atoms with Crippen LogP contribution >= 0.6 is 0 Å². The Morgan fingerprint density at radius 1 is 1.32 bits per heavy atom. The number of nitrogens with one attached hydrogen (secondary N) is 2. The minimum atomic E-state index is -0.761. The Bertz CT molecular complexity index is 346. The van der Waals surface area contributed by atoms with Crippen LogP contribution in [0.25, 0.3) is 0 Å². The number of rotatable bonds is 6. The summed E-state index contributed by atoms with van der Waals surface area (Å²) in [4.78, 5) is 34.9. The van der Waals surface area contributed by atoms with Gasteiger partial charge < -0.3 is 15.3 Å². The molecule has 1 aliphatic rings. The van der Waals surface area contributed by atoms with Crippen LogP contribution in [0.4, 0.5) is 4.79 Å². The lowest BCUT2D eigenvalue weighted by Crippen LogP contribution is -2.38. The van der Waals surface area contributed by atoms with E-state index in [0.29, 0.717) is 18.9 Å². The van der Waals surface area contributed by atoms with Gasteiger partial charge in [0, 0.05) is 33.0 Å². The molecule has 1 atom stereocenters. The van der Waals surface area contributed by atoms with Gasteiger partial charge >= 0.3 is 12.0 Å². The van der Waals surface area contributed by atoms with Crippen molar-refractivity contribution in [3.8, 4) is 0 Å². The highest BCUT2D eigenvalue weighted by Crippen LogP contribution is 2.20. The molecule has 0 aromatic heterocycles. The Kier molecular flexibility index (Phi) is 6.27. The Balaban J connectivity index is 2.16. The lowest BCUT2D eigenvalue weighted by molar-refractivity contribution is -0.137. The molecule has 1 fully saturated rings. The van der Waals surface area contributed by atoms with Crippen LogP contribution < -0.4 is 10.6 Å². The smallest absolute Gasteiger partial charge is 0.321 e. The Morgan fingerprint density at radius 3 is 2.68 bits per heavy atom. The molecule has 1 unspecified atom stereocenters. The third-order valence-corrected chi connectivity index (χ3v) is 3.27. The maximum atomic E-state index is 11.4. The molecular weight excluding hydrogens is 250 g/mol. The fourth-order valence-electron chi connectivity index (χ4n) is 2.19. The van der Waals surface area contributed by atoms with E-state index in [1.807, 2.05) is 0 Å². The molecule has 19 heavy (non-hydrogen) atoms. The first-order valence-corrected chi connectivity index (χ1v) is 6.47. The predicted molar refractivity (Wildman–Crippen MR) is 68.6 cm³/mol. The molecule has 1 saturated heterocycles. The summed E-state index contributed by atoms with van der Waals surface area (Å²) in [6.07, 6.45) is 2.15. The van der Waals surface area contributed by atoms with Gasteiger partial charge in [-0.05, 0) is 25.3 Å². The monoisotopic (exact) mass is 271 g/mol. The molecule has 3 amide bonds. The van der Waals surface area contributed by atoms with Gasteiger partial charge in [-0.2, -0.15) is 0 Å². The van der Waals surface area contributed by atoms with Gasteiger partial charge in [0.2, 0.25) is 5.91 Å². The number of imide groups is 1. The van der Waals surface area contributed by atoms with E-state index < -0.39 is 12.0 Å². The van der Waals surface area contributed by atoms with Crippen molar-refractivity contribution in [2.45, 2.75) is 25.7 Å². The van der Waals surface area contributed by atoms with E-state index in [0.717, 1.165) is 19.5 Å². The highest BCUT2D eigenvalue weighted by molar-refractivity contribution is 5.94. The van der Waals surface area contributed by atoms with E-state index in [4.69, 9.17) is 5.11 Å². The average Bonchev–Trinajstić information content (AvgIpc) is 2.81. The number of carbonyl (C=O) groups excluding carboxylic acids is 2. The summed E-state index contributed by atoms with van der Waals surface area (Å²) in [7, 11) is 1.45. The molecule has 0 aromatic carbocycles. The van der Waals surface area contributed by atoms with Crippen LogP contribution in [0.15, 0.2) is 0 Å². The van der Waals surface area contributed by atoms with Crippen LogP contribution in [0.2, 0.25) is 0 Å². The molecule has 1 heterocycles. The van der Waals surface area contributed by atoms with Gasteiger partial charge in [0.15, 0.2) is 0 Å². The first kappa shape index (κ1) is 15.4. The van der Waals surface area contributed by atoms with E-state index >= 15 is 0 Å². The molecule has 0 aliphatic carbocycles. The Hall–Kier alpha value is -1.63. The molecule has 0 spiro atoms. The van der Waals surface area contributed by atoms with Gasteiger partial charge in [0.05, 0.1) is 0 Å². The van der Waals surface area contributed by atoms with Crippen molar-refractivity contribution in [3.05, 3.63) is 0 Å². The standard InChI is InChI=1S/C12H21N3O4/c1-13-12(19)14-10(16)5-7-15-6-4-9(8-15)2-3-11(17)18/h9H,2-8H2,1H3,(H,17,18)(H2,13,14,16,19). The number of urea groups is 1. The van der Waals surface area contributed by atoms with Crippen LogP contribution in [-0.2, 0) is 9.59 Å². The van der Waals surface area contributed by atoms with Crippen molar-refractivity contribution in [1.82, 2.24) is 15.5 Å². The lowest BCUT2D eigenvalue weighted by atomic mass is 10.0. The highest BCUT2D eigenvalue weighted by atomic mass is 16.4. The quantitative estimate of drug-likeness (QED) is 0.632. The molecule has 1 rings (SSSR count). The van der Waals surface area contributed by atoms with Crippen LogP contribution in [0.1, 0.15) is 25.7 Å². The fourth-order valence-corrected chi connectivity index (χ4v) is 2.19. The number of carboxylic acids is 1. The lowest BCUT2D eigenvalue weighted by Gasteiger charge is -2.15. The second kappa shape index (κ2) is 7.73. The minimum Gasteiger partial charge on any atom is -0.481 e. The molecule has 7 nitrogen and oxygen atoms in total. The second-order valence-corrected chi connectivity index (χ2v) is 4.77. The van der Waals surface area contributed by atoms with Gasteiger partial charge in [-0.15, -0.1) is 0 Å². The zero-order valence-corrected chi connectivity index (χ0v) is 11.1. The summed E-state index contributed by atoms with van der Waals surface area (Å²) in [6, 6.07) is -0.495. The maximum absolute atomic E-state index is 11.4. The summed E-state index contributed by atoms with van der Waals surface area (Å²) < 4.78 is 0. The molecule has 1 aliphatic heterocycles. The van der Waals surface area contributed by atoms with Gasteiger partial charge in [0.1, 0.15) is 0 Å². The summed E-state index contributed by atoms with van der Waals surface area (Å²) in [5, 5.41) is 13.1. The van der Waals surface area contributed by atoms with Crippen LogP contribution in [0, 0.1) is 5.92 Å². The Labute approximate surface area is 112 Å². The van der Waals surface area contributed by atoms with Crippen LogP contribution in [0.3, 0.4) is 0 Å². The van der Waals surface area contributed by atoms with Gasteiger partial charge in [-0.3, -0.25) is 14.9 Å². The van der Waals surface area contributed by atoms with Crippen LogP contribution in [0.5, 0.6) is 0 Å². The summed E-state index contributed by atoms with van der Waals surface area (Å²) in [5.41, 5.74) is 0. The fraction of sp³-hybridized carbons (Fsp3) is 0.750.